The van der Waals surface area contributed by atoms with E-state index in [2.05, 4.69) is 158 Å². The molecule has 3 spiro atoms. The number of aromatic hydroxyl groups is 2. The minimum absolute atomic E-state index is 0.0969. The number of hydrogen-bond donors (Lipinski definition) is 2. The zero-order valence-electron chi connectivity index (χ0n) is 42.3. The first kappa shape index (κ1) is 46.8. The van der Waals surface area contributed by atoms with Crippen molar-refractivity contribution >= 4 is 0 Å². The van der Waals surface area contributed by atoms with Crippen molar-refractivity contribution < 1.29 is 19.7 Å². The van der Waals surface area contributed by atoms with Crippen LogP contribution in [0.2, 0.25) is 0 Å². The highest BCUT2D eigenvalue weighted by atomic mass is 16.6. The highest BCUT2D eigenvalue weighted by Gasteiger charge is 2.66. The minimum atomic E-state index is -0.603. The second kappa shape index (κ2) is 18.0. The molecule has 0 saturated carbocycles. The molecule has 4 aliphatic carbocycles. The molecule has 0 aromatic heterocycles. The quantitative estimate of drug-likeness (QED) is 0.169. The maximum absolute atomic E-state index is 11.5. The first-order valence-corrected chi connectivity index (χ1v) is 25.6. The summed E-state index contributed by atoms with van der Waals surface area (Å²) in [7, 11) is 0. The highest BCUT2D eigenvalue weighted by molar-refractivity contribution is 5.89. The van der Waals surface area contributed by atoms with Crippen molar-refractivity contribution in [2.45, 2.75) is 137 Å². The van der Waals surface area contributed by atoms with Gasteiger partial charge in [0.25, 0.3) is 0 Å². The van der Waals surface area contributed by atoms with Crippen LogP contribution >= 0.6 is 0 Å². The van der Waals surface area contributed by atoms with Crippen molar-refractivity contribution in [1.82, 2.24) is 0 Å². The van der Waals surface area contributed by atoms with Crippen LogP contribution in [0.25, 0.3) is 22.3 Å². The second-order valence-corrected chi connectivity index (χ2v) is 19.7. The third-order valence-electron chi connectivity index (χ3n) is 15.8. The smallest absolute Gasteiger partial charge is 0.173 e. The summed E-state index contributed by atoms with van der Waals surface area (Å²) in [6, 6.07) is 43.7. The Hall–Kier alpha value is -6.26. The Morgan fingerprint density at radius 3 is 1.28 bits per heavy atom. The summed E-state index contributed by atoms with van der Waals surface area (Å²) < 4.78 is 14.2. The van der Waals surface area contributed by atoms with E-state index in [1.54, 1.807) is 0 Å². The third-order valence-corrected chi connectivity index (χ3v) is 15.8. The van der Waals surface area contributed by atoms with E-state index in [-0.39, 0.29) is 11.5 Å². The molecule has 12 rings (SSSR count). The van der Waals surface area contributed by atoms with Gasteiger partial charge in [-0.25, -0.2) is 0 Å². The molecule has 1 heterocycles. The first-order chi connectivity index (χ1) is 33.0. The molecule has 7 aromatic carbocycles. The van der Waals surface area contributed by atoms with Crippen molar-refractivity contribution in [3.63, 3.8) is 0 Å². The lowest BCUT2D eigenvalue weighted by Crippen LogP contribution is -2.32. The Balaban J connectivity index is 0.000000533. The van der Waals surface area contributed by atoms with Crippen LogP contribution in [0, 0.1) is 26.7 Å². The fourth-order valence-corrected chi connectivity index (χ4v) is 13.0. The van der Waals surface area contributed by atoms with E-state index in [1.807, 2.05) is 39.8 Å². The number of fused-ring (bicyclic) bond motifs is 18. The van der Waals surface area contributed by atoms with Gasteiger partial charge in [0.1, 0.15) is 0 Å². The van der Waals surface area contributed by atoms with Gasteiger partial charge < -0.3 is 19.7 Å². The fraction of sp³-hybridized carbons (Fsp3) is 0.344. The van der Waals surface area contributed by atoms with E-state index in [4.69, 9.17) is 9.47 Å². The Labute approximate surface area is 406 Å². The van der Waals surface area contributed by atoms with Crippen LogP contribution in [0.4, 0.5) is 0 Å². The van der Waals surface area contributed by atoms with E-state index >= 15 is 0 Å². The number of hydrogen-bond acceptors (Lipinski definition) is 4. The molecule has 68 heavy (non-hydrogen) atoms. The van der Waals surface area contributed by atoms with Crippen LogP contribution in [0.5, 0.6) is 34.5 Å². The Morgan fingerprint density at radius 1 is 0.485 bits per heavy atom. The summed E-state index contributed by atoms with van der Waals surface area (Å²) >= 11 is 0. The molecule has 0 amide bonds. The lowest BCUT2D eigenvalue weighted by molar-refractivity contribution is 0.353. The molecule has 1 unspecified atom stereocenters. The molecule has 4 nitrogen and oxygen atoms in total. The van der Waals surface area contributed by atoms with Crippen molar-refractivity contribution in [2.75, 3.05) is 0 Å². The van der Waals surface area contributed by atoms with Gasteiger partial charge in [-0.05, 0) is 166 Å². The molecular weight excluding hydrogens is 833 g/mol. The number of unbranched alkanes of at least 4 members (excludes halogenated alkanes) is 1. The summed E-state index contributed by atoms with van der Waals surface area (Å²) in [6.07, 6.45) is 7.42. The predicted molar refractivity (Wildman–Crippen MR) is 282 cm³/mol. The van der Waals surface area contributed by atoms with E-state index in [9.17, 15) is 10.2 Å². The van der Waals surface area contributed by atoms with Gasteiger partial charge in [0.2, 0.25) is 0 Å². The third kappa shape index (κ3) is 6.60. The maximum Gasteiger partial charge on any atom is 0.173 e. The number of phenolic OH excluding ortho intramolecular Hbond substituents is 2. The Morgan fingerprint density at radius 2 is 0.868 bits per heavy atom. The van der Waals surface area contributed by atoms with E-state index < -0.39 is 16.2 Å². The van der Waals surface area contributed by atoms with Crippen LogP contribution in [0.3, 0.4) is 0 Å². The molecule has 7 aromatic rings. The predicted octanol–water partition coefficient (Wildman–Crippen LogP) is 17.5. The zero-order valence-corrected chi connectivity index (χ0v) is 42.3. The largest absolute Gasteiger partial charge is 0.504 e. The first-order valence-electron chi connectivity index (χ1n) is 25.6. The van der Waals surface area contributed by atoms with Crippen LogP contribution < -0.4 is 9.47 Å². The van der Waals surface area contributed by atoms with Crippen LogP contribution in [-0.2, 0) is 22.7 Å². The summed E-state index contributed by atoms with van der Waals surface area (Å²) in [5.74, 6) is 3.76. The van der Waals surface area contributed by atoms with Crippen molar-refractivity contribution in [3.8, 4) is 56.8 Å². The minimum Gasteiger partial charge on any atom is -0.504 e. The number of rotatable bonds is 5. The van der Waals surface area contributed by atoms with Gasteiger partial charge in [-0.15, -0.1) is 0 Å². The SMILES string of the molecule is CC.CC.CCCC(C)C.CCCCc1c(C)c(C)c2c(c1C)Oc1cc3c(cc1O2)C1(CC32CC3(c4ccccc4-c4ccccc43)c3cc(O)c(O)cc32)c2ccccc2-c2ccccc21. The number of phenols is 2. The highest BCUT2D eigenvalue weighted by Crippen LogP contribution is 2.74. The summed E-state index contributed by atoms with van der Waals surface area (Å²) in [5, 5.41) is 23.0. The van der Waals surface area contributed by atoms with Gasteiger partial charge in [-0.3, -0.25) is 0 Å². The molecule has 350 valence electrons. The molecule has 2 N–H and O–H groups in total. The van der Waals surface area contributed by atoms with Gasteiger partial charge in [-0.1, -0.05) is 172 Å². The monoisotopic (exact) mass is 903 g/mol. The molecule has 4 heteroatoms. The van der Waals surface area contributed by atoms with E-state index in [0.717, 1.165) is 77.5 Å². The van der Waals surface area contributed by atoms with Gasteiger partial charge in [0.15, 0.2) is 34.5 Å². The van der Waals surface area contributed by atoms with Crippen molar-refractivity contribution in [3.05, 3.63) is 188 Å². The maximum atomic E-state index is 11.5. The standard InChI is InChI=1S/C54H44O4.C6H14.2C2H6/c1-5-6-15-33-30(2)31(3)50-51(32(33)4)58-48-26-43-45(27-49(48)57-50)54(40-22-13-9-18-36(40)37-19-10-14-23-41(37)54)29-52(43)28-53(44-25-47(56)46(55)24-42(44)52)38-20-11-7-16-34(38)35-17-8-12-21-39(35)53;1-4-5-6(2)3;2*1-2/h7-14,16-27,55-56H,5-6,15,28-29H2,1-4H3;6H,4-5H2,1-3H3;2*1-2H3. The molecule has 0 saturated heterocycles. The van der Waals surface area contributed by atoms with Crippen LogP contribution in [0.1, 0.15) is 161 Å². The van der Waals surface area contributed by atoms with Gasteiger partial charge >= 0.3 is 0 Å². The van der Waals surface area contributed by atoms with Crippen molar-refractivity contribution in [1.29, 1.82) is 0 Å². The lowest BCUT2D eigenvalue weighted by atomic mass is 9.66. The molecule has 0 fully saturated rings. The molecule has 5 aliphatic rings. The summed E-state index contributed by atoms with van der Waals surface area (Å²) in [6.45, 7) is 23.5. The topological polar surface area (TPSA) is 58.9 Å². The zero-order chi connectivity index (χ0) is 48.3. The van der Waals surface area contributed by atoms with Crippen LogP contribution in [-0.4, -0.2) is 10.2 Å². The van der Waals surface area contributed by atoms with Crippen molar-refractivity contribution in [2.24, 2.45) is 5.92 Å². The summed E-state index contributed by atoms with van der Waals surface area (Å²) in [5.41, 5.74) is 17.7. The van der Waals surface area contributed by atoms with Gasteiger partial charge in [-0.2, -0.15) is 0 Å². The fourth-order valence-electron chi connectivity index (χ4n) is 13.0. The van der Waals surface area contributed by atoms with Crippen LogP contribution in [0.15, 0.2) is 121 Å². The van der Waals surface area contributed by atoms with Gasteiger partial charge in [0.05, 0.1) is 0 Å². The Bertz CT molecular complexity index is 2970. The molecule has 0 bridgehead atoms. The second-order valence-electron chi connectivity index (χ2n) is 19.7. The molecule has 0 radical (unpaired) electrons. The van der Waals surface area contributed by atoms with E-state index in [0.29, 0.717) is 5.75 Å². The number of ether oxygens (including phenoxy) is 2. The normalized spacial score (nSPS) is 16.8. The van der Waals surface area contributed by atoms with E-state index in [1.165, 1.54) is 79.6 Å². The average Bonchev–Trinajstić information content (AvgIpc) is 4.02. The molecule has 1 atom stereocenters. The number of benzene rings is 7. The summed E-state index contributed by atoms with van der Waals surface area (Å²) in [4.78, 5) is 0. The molecule has 1 aliphatic heterocycles. The lowest BCUT2D eigenvalue weighted by Gasteiger charge is -2.35. The Kier molecular flexibility index (Phi) is 12.4. The molecular formula is C64H70O4. The average molecular weight is 903 g/mol. The van der Waals surface area contributed by atoms with Gasteiger partial charge in [0, 0.05) is 16.2 Å².